The lowest BCUT2D eigenvalue weighted by atomic mass is 10.1. The number of nitrogens with one attached hydrogen (secondary N) is 1. The molecule has 0 unspecified atom stereocenters. The molecule has 17 heavy (non-hydrogen) atoms. The molecule has 0 atom stereocenters. The van der Waals surface area contributed by atoms with E-state index >= 15 is 0 Å². The van der Waals surface area contributed by atoms with Crippen molar-refractivity contribution in [3.8, 4) is 0 Å². The lowest BCUT2D eigenvalue weighted by Crippen LogP contribution is -1.85. The molecule has 1 N–H and O–H groups in total. The zero-order chi connectivity index (χ0) is 12.3. The highest BCUT2D eigenvalue weighted by molar-refractivity contribution is 8.00. The van der Waals surface area contributed by atoms with E-state index in [2.05, 4.69) is 47.6 Å². The molecule has 0 aliphatic heterocycles. The number of benzene rings is 1. The van der Waals surface area contributed by atoms with Gasteiger partial charge < -0.3 is 5.32 Å². The van der Waals surface area contributed by atoms with Gasteiger partial charge in [-0.15, -0.1) is 10.2 Å². The summed E-state index contributed by atoms with van der Waals surface area (Å²) in [4.78, 5) is 0. The largest absolute Gasteiger partial charge is 0.363 e. The summed E-state index contributed by atoms with van der Waals surface area (Å²) in [5.74, 6) is 0.945. The van der Waals surface area contributed by atoms with Gasteiger partial charge in [0.05, 0.1) is 0 Å². The van der Waals surface area contributed by atoms with Crippen molar-refractivity contribution in [1.82, 2.24) is 10.2 Å². The van der Waals surface area contributed by atoms with Crippen LogP contribution in [-0.4, -0.2) is 17.2 Å². The minimum Gasteiger partial charge on any atom is -0.363 e. The van der Waals surface area contributed by atoms with Crippen molar-refractivity contribution in [2.45, 2.75) is 23.9 Å². The zero-order valence-corrected chi connectivity index (χ0v) is 11.8. The SMILES string of the molecule is CNc1nnc(SCc2cc(C)cc(C)c2)s1. The first-order valence-electron chi connectivity index (χ1n) is 5.38. The Hall–Kier alpha value is -1.07. The smallest absolute Gasteiger partial charge is 0.206 e. The normalized spacial score (nSPS) is 10.5. The fourth-order valence-corrected chi connectivity index (χ4v) is 3.30. The number of aromatic nitrogens is 2. The van der Waals surface area contributed by atoms with E-state index in [0.29, 0.717) is 0 Å². The van der Waals surface area contributed by atoms with Gasteiger partial charge in [-0.05, 0) is 19.4 Å². The Balaban J connectivity index is 2.01. The molecule has 0 saturated carbocycles. The summed E-state index contributed by atoms with van der Waals surface area (Å²) in [7, 11) is 1.86. The van der Waals surface area contributed by atoms with Crippen LogP contribution < -0.4 is 5.32 Å². The summed E-state index contributed by atoms with van der Waals surface area (Å²) in [5.41, 5.74) is 3.97. The molecule has 5 heteroatoms. The molecule has 1 aromatic carbocycles. The Morgan fingerprint density at radius 2 is 1.88 bits per heavy atom. The van der Waals surface area contributed by atoms with E-state index < -0.39 is 0 Å². The number of rotatable bonds is 4. The quantitative estimate of drug-likeness (QED) is 0.859. The summed E-state index contributed by atoms with van der Waals surface area (Å²) in [6, 6.07) is 6.64. The molecule has 0 aliphatic carbocycles. The number of thioether (sulfide) groups is 1. The van der Waals surface area contributed by atoms with Crippen LogP contribution in [0.3, 0.4) is 0 Å². The molecule has 0 fully saturated rings. The van der Waals surface area contributed by atoms with Gasteiger partial charge in [0.2, 0.25) is 5.13 Å². The van der Waals surface area contributed by atoms with Crippen LogP contribution in [0, 0.1) is 13.8 Å². The molecule has 1 heterocycles. The lowest BCUT2D eigenvalue weighted by molar-refractivity contribution is 1.01. The highest BCUT2D eigenvalue weighted by Gasteiger charge is 2.04. The van der Waals surface area contributed by atoms with E-state index in [1.54, 1.807) is 23.1 Å². The predicted molar refractivity (Wildman–Crippen MR) is 74.9 cm³/mol. The van der Waals surface area contributed by atoms with Crippen molar-refractivity contribution in [3.63, 3.8) is 0 Å². The number of aryl methyl sites for hydroxylation is 2. The van der Waals surface area contributed by atoms with Gasteiger partial charge in [0.1, 0.15) is 0 Å². The van der Waals surface area contributed by atoms with Crippen LogP contribution in [0.1, 0.15) is 16.7 Å². The molecule has 0 bridgehead atoms. The topological polar surface area (TPSA) is 37.8 Å². The standard InChI is InChI=1S/C12H15N3S2/c1-8-4-9(2)6-10(5-8)7-16-12-15-14-11(13-3)17-12/h4-6H,7H2,1-3H3,(H,13,14). The van der Waals surface area contributed by atoms with Crippen LogP contribution in [0.15, 0.2) is 22.5 Å². The molecule has 2 rings (SSSR count). The highest BCUT2D eigenvalue weighted by Crippen LogP contribution is 2.28. The van der Waals surface area contributed by atoms with Crippen LogP contribution in [0.4, 0.5) is 5.13 Å². The monoisotopic (exact) mass is 265 g/mol. The molecular weight excluding hydrogens is 250 g/mol. The second-order valence-corrected chi connectivity index (χ2v) is 6.11. The summed E-state index contributed by atoms with van der Waals surface area (Å²) in [6.07, 6.45) is 0. The molecule has 0 amide bonds. The van der Waals surface area contributed by atoms with Gasteiger partial charge in [0.25, 0.3) is 0 Å². The average Bonchev–Trinajstić information content (AvgIpc) is 2.73. The van der Waals surface area contributed by atoms with Gasteiger partial charge in [-0.2, -0.15) is 0 Å². The Morgan fingerprint density at radius 3 is 2.47 bits per heavy atom. The van der Waals surface area contributed by atoms with Crippen LogP contribution in [0.25, 0.3) is 0 Å². The number of anilines is 1. The maximum absolute atomic E-state index is 4.12. The van der Waals surface area contributed by atoms with Gasteiger partial charge in [-0.1, -0.05) is 52.4 Å². The number of hydrogen-bond donors (Lipinski definition) is 1. The molecular formula is C12H15N3S2. The highest BCUT2D eigenvalue weighted by atomic mass is 32.2. The average molecular weight is 265 g/mol. The minimum atomic E-state index is 0.868. The van der Waals surface area contributed by atoms with E-state index in [-0.39, 0.29) is 0 Å². The van der Waals surface area contributed by atoms with E-state index in [9.17, 15) is 0 Å². The van der Waals surface area contributed by atoms with Crippen molar-refractivity contribution >= 4 is 28.2 Å². The first kappa shape index (κ1) is 12.4. The third-order valence-corrected chi connectivity index (χ3v) is 4.41. The molecule has 0 aliphatic rings. The molecule has 0 saturated heterocycles. The van der Waals surface area contributed by atoms with E-state index in [4.69, 9.17) is 0 Å². The second-order valence-electron chi connectivity index (χ2n) is 3.91. The second kappa shape index (κ2) is 5.51. The van der Waals surface area contributed by atoms with Crippen LogP contribution in [0.2, 0.25) is 0 Å². The Bertz CT molecular complexity index is 488. The first-order valence-corrected chi connectivity index (χ1v) is 7.19. The van der Waals surface area contributed by atoms with Crippen molar-refractivity contribution in [1.29, 1.82) is 0 Å². The predicted octanol–water partition coefficient (Wildman–Crippen LogP) is 3.49. The molecule has 0 radical (unpaired) electrons. The number of hydrogen-bond acceptors (Lipinski definition) is 5. The lowest BCUT2D eigenvalue weighted by Gasteiger charge is -2.02. The zero-order valence-electron chi connectivity index (χ0n) is 10.2. The first-order chi connectivity index (χ1) is 8.17. The van der Waals surface area contributed by atoms with E-state index in [1.165, 1.54) is 16.7 Å². The van der Waals surface area contributed by atoms with Crippen LogP contribution >= 0.6 is 23.1 Å². The van der Waals surface area contributed by atoms with Gasteiger partial charge in [0, 0.05) is 12.8 Å². The van der Waals surface area contributed by atoms with Gasteiger partial charge in [-0.25, -0.2) is 0 Å². The summed E-state index contributed by atoms with van der Waals surface area (Å²) < 4.78 is 1.01. The molecule has 90 valence electrons. The third-order valence-electron chi connectivity index (χ3n) is 2.26. The summed E-state index contributed by atoms with van der Waals surface area (Å²) in [5, 5.41) is 12.0. The van der Waals surface area contributed by atoms with Gasteiger partial charge in [-0.3, -0.25) is 0 Å². The fraction of sp³-hybridized carbons (Fsp3) is 0.333. The maximum Gasteiger partial charge on any atom is 0.206 e. The molecule has 3 nitrogen and oxygen atoms in total. The summed E-state index contributed by atoms with van der Waals surface area (Å²) >= 11 is 3.32. The molecule has 2 aromatic rings. The maximum atomic E-state index is 4.12. The van der Waals surface area contributed by atoms with Crippen LogP contribution in [-0.2, 0) is 5.75 Å². The van der Waals surface area contributed by atoms with E-state index in [0.717, 1.165) is 15.2 Å². The van der Waals surface area contributed by atoms with Crippen molar-refractivity contribution < 1.29 is 0 Å². The van der Waals surface area contributed by atoms with Crippen molar-refractivity contribution in [3.05, 3.63) is 34.9 Å². The van der Waals surface area contributed by atoms with E-state index in [1.807, 2.05) is 7.05 Å². The molecule has 1 aromatic heterocycles. The van der Waals surface area contributed by atoms with Crippen molar-refractivity contribution in [2.75, 3.05) is 12.4 Å². The Labute approximate surface area is 110 Å². The van der Waals surface area contributed by atoms with Crippen molar-refractivity contribution in [2.24, 2.45) is 0 Å². The Morgan fingerprint density at radius 1 is 1.18 bits per heavy atom. The summed E-state index contributed by atoms with van der Waals surface area (Å²) in [6.45, 7) is 4.26. The molecule has 0 spiro atoms. The van der Waals surface area contributed by atoms with Gasteiger partial charge in [0.15, 0.2) is 4.34 Å². The number of nitrogens with zero attached hydrogens (tertiary/aromatic N) is 2. The van der Waals surface area contributed by atoms with Crippen LogP contribution in [0.5, 0.6) is 0 Å². The fourth-order valence-electron chi connectivity index (χ4n) is 1.67. The Kier molecular flexibility index (Phi) is 4.02. The van der Waals surface area contributed by atoms with Gasteiger partial charge >= 0.3 is 0 Å². The minimum absolute atomic E-state index is 0.868. The third kappa shape index (κ3) is 3.44.